The maximum atomic E-state index is 11.1. The zero-order valence-electron chi connectivity index (χ0n) is 7.96. The fourth-order valence-electron chi connectivity index (χ4n) is 0.863. The highest BCUT2D eigenvalue weighted by Gasteiger charge is 2.06. The Kier molecular flexibility index (Phi) is 6.96. The molecular weight excluding hydrogens is 170 g/mol. The van der Waals surface area contributed by atoms with E-state index in [0.717, 1.165) is 12.2 Å². The van der Waals surface area contributed by atoms with Crippen LogP contribution in [0.1, 0.15) is 20.3 Å². The van der Waals surface area contributed by atoms with Gasteiger partial charge in [-0.25, -0.2) is 0 Å². The Hall–Kier alpha value is -0.440. The van der Waals surface area contributed by atoms with Crippen molar-refractivity contribution in [2.45, 2.75) is 26.3 Å². The van der Waals surface area contributed by atoms with Crippen LogP contribution in [-0.2, 0) is 4.79 Å². The fraction of sp³-hybridized carbons (Fsp3) is 0.667. The van der Waals surface area contributed by atoms with Gasteiger partial charge in [-0.1, -0.05) is 13.0 Å². The van der Waals surface area contributed by atoms with Crippen molar-refractivity contribution in [2.24, 2.45) is 0 Å². The second-order valence-electron chi connectivity index (χ2n) is 2.57. The van der Waals surface area contributed by atoms with Gasteiger partial charge in [0.25, 0.3) is 0 Å². The van der Waals surface area contributed by atoms with E-state index in [1.165, 1.54) is 0 Å². The van der Waals surface area contributed by atoms with Crippen molar-refractivity contribution in [1.82, 2.24) is 5.32 Å². The average Bonchev–Trinajstić information content (AvgIpc) is 2.04. The van der Waals surface area contributed by atoms with Crippen LogP contribution in [0.15, 0.2) is 12.2 Å². The summed E-state index contributed by atoms with van der Waals surface area (Å²) in [5.41, 5.74) is 0. The zero-order chi connectivity index (χ0) is 9.40. The first-order valence-corrected chi connectivity index (χ1v) is 5.56. The topological polar surface area (TPSA) is 29.1 Å². The van der Waals surface area contributed by atoms with Gasteiger partial charge < -0.3 is 5.32 Å². The normalized spacial score (nSPS) is 13.2. The van der Waals surface area contributed by atoms with Gasteiger partial charge in [0.05, 0.1) is 0 Å². The van der Waals surface area contributed by atoms with E-state index >= 15 is 0 Å². The third-order valence-corrected chi connectivity index (χ3v) is 2.26. The van der Waals surface area contributed by atoms with E-state index in [2.05, 4.69) is 12.2 Å². The third-order valence-electron chi connectivity index (χ3n) is 1.53. The number of rotatable bonds is 5. The fourth-order valence-corrected chi connectivity index (χ4v) is 1.58. The lowest BCUT2D eigenvalue weighted by atomic mass is 10.2. The van der Waals surface area contributed by atoms with Crippen molar-refractivity contribution in [2.75, 3.05) is 12.0 Å². The summed E-state index contributed by atoms with van der Waals surface area (Å²) >= 11 is 1.76. The quantitative estimate of drug-likeness (QED) is 0.665. The summed E-state index contributed by atoms with van der Waals surface area (Å²) in [4.78, 5) is 11.1. The minimum absolute atomic E-state index is 0.0124. The molecule has 1 unspecified atom stereocenters. The number of hydrogen-bond acceptors (Lipinski definition) is 2. The van der Waals surface area contributed by atoms with Gasteiger partial charge in [0.2, 0.25) is 5.91 Å². The Morgan fingerprint density at radius 3 is 2.75 bits per heavy atom. The average molecular weight is 187 g/mol. The monoisotopic (exact) mass is 187 g/mol. The summed E-state index contributed by atoms with van der Waals surface area (Å²) < 4.78 is 0. The Morgan fingerprint density at radius 2 is 2.33 bits per heavy atom. The van der Waals surface area contributed by atoms with Crippen LogP contribution < -0.4 is 5.32 Å². The van der Waals surface area contributed by atoms with E-state index in [1.54, 1.807) is 23.9 Å². The van der Waals surface area contributed by atoms with E-state index in [0.29, 0.717) is 6.04 Å². The third kappa shape index (κ3) is 5.24. The smallest absolute Gasteiger partial charge is 0.243 e. The summed E-state index contributed by atoms with van der Waals surface area (Å²) in [5.74, 6) is 0.998. The molecule has 70 valence electrons. The van der Waals surface area contributed by atoms with Gasteiger partial charge in [0.1, 0.15) is 0 Å². The summed E-state index contributed by atoms with van der Waals surface area (Å²) in [6.45, 7) is 3.92. The van der Waals surface area contributed by atoms with Crippen LogP contribution in [0.25, 0.3) is 0 Å². The van der Waals surface area contributed by atoms with Crippen molar-refractivity contribution < 1.29 is 4.79 Å². The molecule has 0 aromatic rings. The van der Waals surface area contributed by atoms with Crippen LogP contribution in [0.5, 0.6) is 0 Å². The lowest BCUT2D eigenvalue weighted by molar-refractivity contribution is -0.117. The Balaban J connectivity index is 3.76. The predicted octanol–water partition coefficient (Wildman–Crippen LogP) is 1.82. The van der Waals surface area contributed by atoms with Gasteiger partial charge in [-0.3, -0.25) is 4.79 Å². The van der Waals surface area contributed by atoms with E-state index < -0.39 is 0 Å². The highest BCUT2D eigenvalue weighted by Crippen LogP contribution is 2.00. The molecule has 0 aromatic carbocycles. The Labute approximate surface area is 78.8 Å². The molecule has 0 rings (SSSR count). The van der Waals surface area contributed by atoms with Gasteiger partial charge >= 0.3 is 0 Å². The van der Waals surface area contributed by atoms with Crippen molar-refractivity contribution in [3.63, 3.8) is 0 Å². The molecule has 0 bridgehead atoms. The van der Waals surface area contributed by atoms with Crippen molar-refractivity contribution >= 4 is 17.7 Å². The summed E-state index contributed by atoms with van der Waals surface area (Å²) in [6.07, 6.45) is 6.35. The van der Waals surface area contributed by atoms with E-state index in [4.69, 9.17) is 0 Å². The standard InChI is InChI=1S/C9H17NOS/c1-4-6-9(11)10-8(5-2)7-12-3/h4,6,8H,5,7H2,1-3H3,(H,10,11)/b6-4+. The summed E-state index contributed by atoms with van der Waals surface area (Å²) in [5, 5.41) is 2.92. The van der Waals surface area contributed by atoms with Crippen LogP contribution in [0, 0.1) is 0 Å². The van der Waals surface area contributed by atoms with Gasteiger partial charge in [-0.15, -0.1) is 0 Å². The molecule has 0 saturated carbocycles. The first kappa shape index (κ1) is 11.6. The SMILES string of the molecule is C/C=C/C(=O)NC(CC)CSC. The second kappa shape index (κ2) is 7.22. The molecule has 0 radical (unpaired) electrons. The molecule has 1 amide bonds. The van der Waals surface area contributed by atoms with Crippen LogP contribution >= 0.6 is 11.8 Å². The van der Waals surface area contributed by atoms with Crippen LogP contribution in [0.4, 0.5) is 0 Å². The number of nitrogens with one attached hydrogen (secondary N) is 1. The largest absolute Gasteiger partial charge is 0.349 e. The second-order valence-corrected chi connectivity index (χ2v) is 3.48. The molecular formula is C9H17NOS. The highest BCUT2D eigenvalue weighted by atomic mass is 32.2. The molecule has 0 saturated heterocycles. The molecule has 2 nitrogen and oxygen atoms in total. The predicted molar refractivity (Wildman–Crippen MR) is 55.4 cm³/mol. The molecule has 12 heavy (non-hydrogen) atoms. The van der Waals surface area contributed by atoms with Crippen molar-refractivity contribution in [3.05, 3.63) is 12.2 Å². The first-order valence-electron chi connectivity index (χ1n) is 4.16. The molecule has 0 fully saturated rings. The van der Waals surface area contributed by atoms with Gasteiger partial charge in [-0.05, 0) is 25.7 Å². The Morgan fingerprint density at radius 1 is 1.67 bits per heavy atom. The minimum atomic E-state index is 0.0124. The number of carbonyl (C=O) groups is 1. The number of hydrogen-bond donors (Lipinski definition) is 1. The summed E-state index contributed by atoms with van der Waals surface area (Å²) in [6, 6.07) is 0.309. The number of allylic oxidation sites excluding steroid dienone is 1. The number of amides is 1. The minimum Gasteiger partial charge on any atom is -0.349 e. The Bertz CT molecular complexity index is 157. The molecule has 0 heterocycles. The molecule has 3 heteroatoms. The molecule has 0 spiro atoms. The maximum Gasteiger partial charge on any atom is 0.243 e. The molecule has 0 aliphatic carbocycles. The molecule has 0 aliphatic heterocycles. The lowest BCUT2D eigenvalue weighted by Crippen LogP contribution is -2.34. The van der Waals surface area contributed by atoms with E-state index in [-0.39, 0.29) is 5.91 Å². The van der Waals surface area contributed by atoms with Crippen molar-refractivity contribution in [1.29, 1.82) is 0 Å². The first-order chi connectivity index (χ1) is 5.74. The number of carbonyl (C=O) groups excluding carboxylic acids is 1. The maximum absolute atomic E-state index is 11.1. The van der Waals surface area contributed by atoms with E-state index in [9.17, 15) is 4.79 Å². The van der Waals surface area contributed by atoms with Crippen LogP contribution in [0.3, 0.4) is 0 Å². The zero-order valence-corrected chi connectivity index (χ0v) is 8.78. The van der Waals surface area contributed by atoms with Gasteiger partial charge in [0, 0.05) is 11.8 Å². The molecule has 1 N–H and O–H groups in total. The summed E-state index contributed by atoms with van der Waals surface area (Å²) in [7, 11) is 0. The van der Waals surface area contributed by atoms with E-state index in [1.807, 2.05) is 13.2 Å². The van der Waals surface area contributed by atoms with Crippen LogP contribution in [0.2, 0.25) is 0 Å². The lowest BCUT2D eigenvalue weighted by Gasteiger charge is -2.13. The van der Waals surface area contributed by atoms with Crippen LogP contribution in [-0.4, -0.2) is 24.0 Å². The van der Waals surface area contributed by atoms with Gasteiger partial charge in [0.15, 0.2) is 0 Å². The van der Waals surface area contributed by atoms with Gasteiger partial charge in [-0.2, -0.15) is 11.8 Å². The number of thioether (sulfide) groups is 1. The highest BCUT2D eigenvalue weighted by molar-refractivity contribution is 7.98. The van der Waals surface area contributed by atoms with Crippen molar-refractivity contribution in [3.8, 4) is 0 Å². The molecule has 1 atom stereocenters. The molecule has 0 aromatic heterocycles. The molecule has 0 aliphatic rings.